The number of para-hydroxylation sites is 1. The highest BCUT2D eigenvalue weighted by atomic mass is 35.5. The molecule has 2 aliphatic rings. The number of hydrogen-bond donors (Lipinski definition) is 4. The van der Waals surface area contributed by atoms with Crippen LogP contribution in [-0.2, 0) is 11.2 Å². The molecule has 0 radical (unpaired) electrons. The van der Waals surface area contributed by atoms with Crippen LogP contribution in [0.25, 0.3) is 11.2 Å². The molecule has 38 heavy (non-hydrogen) atoms. The number of piperidine rings is 1. The van der Waals surface area contributed by atoms with Crippen LogP contribution in [0.3, 0.4) is 0 Å². The maximum atomic E-state index is 12.5. The molecule has 4 heterocycles. The van der Waals surface area contributed by atoms with Crippen molar-refractivity contribution in [2.24, 2.45) is 5.92 Å². The average Bonchev–Trinajstić information content (AvgIpc) is 3.46. The first kappa shape index (κ1) is 26.6. The van der Waals surface area contributed by atoms with Gasteiger partial charge in [-0.25, -0.2) is 19.7 Å². The highest BCUT2D eigenvalue weighted by Crippen LogP contribution is 2.32. The summed E-state index contributed by atoms with van der Waals surface area (Å²) < 4.78 is 12.6. The number of aliphatic hydroxyl groups excluding tert-OH is 3. The van der Waals surface area contributed by atoms with Crippen LogP contribution in [-0.4, -0.2) is 83.8 Å². The van der Waals surface area contributed by atoms with Gasteiger partial charge >= 0.3 is 6.09 Å². The zero-order chi connectivity index (χ0) is 26.8. The normalized spacial score (nSPS) is 24.3. The van der Waals surface area contributed by atoms with Gasteiger partial charge in [0, 0.05) is 19.5 Å². The Labute approximate surface area is 224 Å². The molecule has 13 heteroatoms. The van der Waals surface area contributed by atoms with Crippen molar-refractivity contribution in [3.8, 4) is 5.75 Å². The third kappa shape index (κ3) is 5.40. The fourth-order valence-electron chi connectivity index (χ4n) is 5.03. The second kappa shape index (κ2) is 11.4. The minimum absolute atomic E-state index is 0.223. The molecule has 2 aromatic heterocycles. The number of aromatic nitrogens is 4. The standard InChI is InChI=1S/C25H31ClN6O6/c26-15-5-1-2-6-16(15)38-25(36)31-10-8-14(9-11-31)4-3-7-18-29-22(27)19-23(30-18)32(13-28-19)24-21(35)20(34)17(12-33)37-24/h1-2,5-6,13-14,17,20-21,24,33-35H,3-4,7-12H2,(H2,27,29,30)/t17-,20-,21-,24-/m1/s1. The van der Waals surface area contributed by atoms with Gasteiger partial charge in [0.05, 0.1) is 18.0 Å². The number of fused-ring (bicyclic) bond motifs is 1. The van der Waals surface area contributed by atoms with E-state index in [1.165, 1.54) is 10.9 Å². The molecule has 2 saturated heterocycles. The summed E-state index contributed by atoms with van der Waals surface area (Å²) >= 11 is 6.08. The van der Waals surface area contributed by atoms with Crippen LogP contribution in [0.2, 0.25) is 5.02 Å². The van der Waals surface area contributed by atoms with Gasteiger partial charge in [0.15, 0.2) is 23.4 Å². The summed E-state index contributed by atoms with van der Waals surface area (Å²) in [6, 6.07) is 6.91. The van der Waals surface area contributed by atoms with Gasteiger partial charge in [0.1, 0.15) is 29.7 Å². The zero-order valence-electron chi connectivity index (χ0n) is 20.7. The summed E-state index contributed by atoms with van der Waals surface area (Å²) in [5.41, 5.74) is 6.90. The SMILES string of the molecule is Nc1nc(CCCC2CCN(C(=O)Oc3ccccc3Cl)CC2)nc2c1ncn2[C@@H]1O[C@H](CO)[C@@H](O)[C@H]1O. The van der Waals surface area contributed by atoms with E-state index in [2.05, 4.69) is 15.0 Å². The number of imidazole rings is 1. The van der Waals surface area contributed by atoms with Gasteiger partial charge in [-0.15, -0.1) is 0 Å². The first-order chi connectivity index (χ1) is 18.4. The number of hydrogen-bond acceptors (Lipinski definition) is 10. The minimum Gasteiger partial charge on any atom is -0.409 e. The fourth-order valence-corrected chi connectivity index (χ4v) is 5.21. The van der Waals surface area contributed by atoms with Crippen molar-refractivity contribution in [2.45, 2.75) is 56.6 Å². The van der Waals surface area contributed by atoms with Crippen LogP contribution in [0.15, 0.2) is 30.6 Å². The number of nitrogen functional groups attached to an aromatic ring is 1. The van der Waals surface area contributed by atoms with Crippen LogP contribution >= 0.6 is 11.6 Å². The van der Waals surface area contributed by atoms with Crippen molar-refractivity contribution in [3.63, 3.8) is 0 Å². The largest absolute Gasteiger partial charge is 0.415 e. The third-order valence-electron chi connectivity index (χ3n) is 7.21. The first-order valence-electron chi connectivity index (χ1n) is 12.7. The lowest BCUT2D eigenvalue weighted by Gasteiger charge is -2.31. The highest BCUT2D eigenvalue weighted by Gasteiger charge is 2.44. The van der Waals surface area contributed by atoms with Crippen LogP contribution in [0.5, 0.6) is 5.75 Å². The number of nitrogens with zero attached hydrogens (tertiary/aromatic N) is 5. The highest BCUT2D eigenvalue weighted by molar-refractivity contribution is 6.32. The molecule has 3 aromatic rings. The zero-order valence-corrected chi connectivity index (χ0v) is 21.4. The van der Waals surface area contributed by atoms with Gasteiger partial charge in [-0.3, -0.25) is 4.57 Å². The average molecular weight is 547 g/mol. The van der Waals surface area contributed by atoms with E-state index in [-0.39, 0.29) is 11.9 Å². The quantitative estimate of drug-likeness (QED) is 0.343. The Morgan fingerprint density at radius 2 is 1.95 bits per heavy atom. The number of aryl methyl sites for hydroxylation is 1. The number of anilines is 1. The fraction of sp³-hybridized carbons (Fsp3) is 0.520. The monoisotopic (exact) mass is 546 g/mol. The lowest BCUT2D eigenvalue weighted by Crippen LogP contribution is -2.40. The van der Waals surface area contributed by atoms with Gasteiger partial charge in [0.2, 0.25) is 0 Å². The molecule has 2 aliphatic heterocycles. The molecule has 1 amide bonds. The molecule has 0 bridgehead atoms. The van der Waals surface area contributed by atoms with Crippen LogP contribution in [0.1, 0.15) is 37.7 Å². The Hall–Kier alpha value is -3.03. The van der Waals surface area contributed by atoms with Gasteiger partial charge in [-0.1, -0.05) is 23.7 Å². The number of halogens is 1. The summed E-state index contributed by atoms with van der Waals surface area (Å²) in [5.74, 6) is 1.59. The molecule has 5 rings (SSSR count). The molecule has 1 aromatic carbocycles. The lowest BCUT2D eigenvalue weighted by molar-refractivity contribution is -0.0511. The van der Waals surface area contributed by atoms with E-state index in [4.69, 9.17) is 26.8 Å². The van der Waals surface area contributed by atoms with Crippen molar-refractivity contribution >= 4 is 34.7 Å². The molecule has 4 atom stereocenters. The summed E-state index contributed by atoms with van der Waals surface area (Å²) in [6.45, 7) is 0.811. The van der Waals surface area contributed by atoms with E-state index in [1.54, 1.807) is 29.2 Å². The molecular weight excluding hydrogens is 516 g/mol. The number of rotatable bonds is 7. The molecule has 12 nitrogen and oxygen atoms in total. The number of aliphatic hydroxyl groups is 3. The second-order valence-corrected chi connectivity index (χ2v) is 10.1. The molecule has 204 valence electrons. The first-order valence-corrected chi connectivity index (χ1v) is 13.1. The van der Waals surface area contributed by atoms with Crippen LogP contribution in [0.4, 0.5) is 10.6 Å². The van der Waals surface area contributed by atoms with Crippen molar-refractivity contribution in [2.75, 3.05) is 25.4 Å². The molecule has 0 saturated carbocycles. The molecule has 0 unspecified atom stereocenters. The van der Waals surface area contributed by atoms with Gasteiger partial charge < -0.3 is 35.4 Å². The van der Waals surface area contributed by atoms with Crippen LogP contribution in [0, 0.1) is 5.92 Å². The van der Waals surface area contributed by atoms with Crippen molar-refractivity contribution < 1.29 is 29.6 Å². The summed E-state index contributed by atoms with van der Waals surface area (Å²) in [5, 5.41) is 30.3. The number of amides is 1. The Bertz CT molecular complexity index is 1280. The van der Waals surface area contributed by atoms with Crippen molar-refractivity contribution in [1.82, 2.24) is 24.4 Å². The maximum Gasteiger partial charge on any atom is 0.415 e. The van der Waals surface area contributed by atoms with Crippen molar-refractivity contribution in [3.05, 3.63) is 41.4 Å². The molecular formula is C25H31ClN6O6. The van der Waals surface area contributed by atoms with Crippen molar-refractivity contribution in [1.29, 1.82) is 0 Å². The lowest BCUT2D eigenvalue weighted by atomic mass is 9.91. The van der Waals surface area contributed by atoms with E-state index in [0.717, 1.165) is 25.7 Å². The predicted octanol–water partition coefficient (Wildman–Crippen LogP) is 1.91. The molecule has 5 N–H and O–H groups in total. The number of nitrogens with two attached hydrogens (primary N) is 1. The number of carbonyl (C=O) groups is 1. The Morgan fingerprint density at radius 3 is 2.66 bits per heavy atom. The van der Waals surface area contributed by atoms with Gasteiger partial charge in [-0.05, 0) is 43.7 Å². The Kier molecular flexibility index (Phi) is 7.96. The Morgan fingerprint density at radius 1 is 1.18 bits per heavy atom. The number of ether oxygens (including phenoxy) is 2. The molecule has 0 spiro atoms. The van der Waals surface area contributed by atoms with E-state index < -0.39 is 31.1 Å². The minimum atomic E-state index is -1.25. The van der Waals surface area contributed by atoms with E-state index in [1.807, 2.05) is 0 Å². The summed E-state index contributed by atoms with van der Waals surface area (Å²) in [6.07, 6.45) is 0.821. The topological polar surface area (TPSA) is 169 Å². The second-order valence-electron chi connectivity index (χ2n) is 9.70. The van der Waals surface area contributed by atoms with Gasteiger partial charge in [-0.2, -0.15) is 0 Å². The number of benzene rings is 1. The van der Waals surface area contributed by atoms with E-state index in [9.17, 15) is 20.1 Å². The molecule has 0 aliphatic carbocycles. The van der Waals surface area contributed by atoms with Crippen LogP contribution < -0.4 is 10.5 Å². The maximum absolute atomic E-state index is 12.5. The van der Waals surface area contributed by atoms with Gasteiger partial charge in [0.25, 0.3) is 0 Å². The summed E-state index contributed by atoms with van der Waals surface area (Å²) in [4.78, 5) is 27.4. The predicted molar refractivity (Wildman–Crippen MR) is 137 cm³/mol. The smallest absolute Gasteiger partial charge is 0.409 e. The van der Waals surface area contributed by atoms with E-state index in [0.29, 0.717) is 53.2 Å². The number of likely N-dealkylation sites (tertiary alicyclic amines) is 1. The summed E-state index contributed by atoms with van der Waals surface area (Å²) in [7, 11) is 0. The third-order valence-corrected chi connectivity index (χ3v) is 7.52. The number of carbonyl (C=O) groups excluding carboxylic acids is 1. The Balaban J connectivity index is 1.15. The molecule has 2 fully saturated rings. The van der Waals surface area contributed by atoms with E-state index >= 15 is 0 Å².